The molecule has 0 fully saturated rings. The first kappa shape index (κ1) is 16.8. The van der Waals surface area contributed by atoms with Crippen LogP contribution in [0.1, 0.15) is 44.2 Å². The van der Waals surface area contributed by atoms with E-state index >= 15 is 0 Å². The highest BCUT2D eigenvalue weighted by molar-refractivity contribution is 5.93. The van der Waals surface area contributed by atoms with Crippen LogP contribution in [0.4, 0.5) is 5.69 Å². The zero-order valence-corrected chi connectivity index (χ0v) is 14.1. The summed E-state index contributed by atoms with van der Waals surface area (Å²) in [7, 11) is 1.73. The summed E-state index contributed by atoms with van der Waals surface area (Å²) in [6.07, 6.45) is 5.82. The van der Waals surface area contributed by atoms with E-state index in [9.17, 15) is 0 Å². The number of fused-ring (bicyclic) bond motifs is 1. The summed E-state index contributed by atoms with van der Waals surface area (Å²) in [5.74, 6) is 0.504. The lowest BCUT2D eigenvalue weighted by Gasteiger charge is -2.23. The number of nitrogens with two attached hydrogens (primary N) is 1. The summed E-state index contributed by atoms with van der Waals surface area (Å²) in [6.45, 7) is 5.83. The van der Waals surface area contributed by atoms with Crippen molar-refractivity contribution in [1.29, 1.82) is 0 Å². The quantitative estimate of drug-likeness (QED) is 0.626. The minimum atomic E-state index is 0.0957. The summed E-state index contributed by atoms with van der Waals surface area (Å²) < 4.78 is 5.15. The van der Waals surface area contributed by atoms with Crippen molar-refractivity contribution in [3.8, 4) is 0 Å². The average molecular weight is 303 g/mol. The fourth-order valence-electron chi connectivity index (χ4n) is 2.83. The molecule has 1 aromatic carbocycles. The number of benzene rings is 1. The van der Waals surface area contributed by atoms with E-state index in [0.717, 1.165) is 25.1 Å². The maximum Gasteiger partial charge on any atom is 0.193 e. The van der Waals surface area contributed by atoms with E-state index in [0.29, 0.717) is 12.5 Å². The summed E-state index contributed by atoms with van der Waals surface area (Å²) in [5.41, 5.74) is 10.2. The third-order valence-corrected chi connectivity index (χ3v) is 4.32. The van der Waals surface area contributed by atoms with E-state index in [1.54, 1.807) is 7.11 Å². The van der Waals surface area contributed by atoms with Crippen molar-refractivity contribution in [3.63, 3.8) is 0 Å². The van der Waals surface area contributed by atoms with Crippen LogP contribution in [-0.4, -0.2) is 26.2 Å². The van der Waals surface area contributed by atoms with Crippen LogP contribution < -0.4 is 11.1 Å². The predicted molar refractivity (Wildman–Crippen MR) is 93.5 cm³/mol. The van der Waals surface area contributed by atoms with Gasteiger partial charge in [0.2, 0.25) is 0 Å². The molecule has 1 aliphatic carbocycles. The standard InChI is InChI=1S/C18H29N3O/c1-18(2,11-12-22-3)13-20-17(19)21-16-10-6-8-14-7-4-5-9-15(14)16/h6,8,10H,4-5,7,9,11-13H2,1-3H3,(H3,19,20,21). The zero-order chi connectivity index (χ0) is 16.0. The summed E-state index contributed by atoms with van der Waals surface area (Å²) >= 11 is 0. The first-order valence-corrected chi connectivity index (χ1v) is 8.18. The number of aliphatic imine (C=N–C) groups is 1. The fraction of sp³-hybridized carbons (Fsp3) is 0.611. The molecule has 122 valence electrons. The molecule has 0 bridgehead atoms. The topological polar surface area (TPSA) is 59.6 Å². The summed E-state index contributed by atoms with van der Waals surface area (Å²) in [4.78, 5) is 4.52. The number of methoxy groups -OCH3 is 1. The van der Waals surface area contributed by atoms with Gasteiger partial charge in [-0.3, -0.25) is 4.99 Å². The van der Waals surface area contributed by atoms with Crippen LogP contribution in [-0.2, 0) is 17.6 Å². The molecular weight excluding hydrogens is 274 g/mol. The van der Waals surface area contributed by atoms with Crippen LogP contribution in [0, 0.1) is 5.41 Å². The molecule has 0 amide bonds. The van der Waals surface area contributed by atoms with E-state index in [1.165, 1.54) is 30.4 Å². The molecular formula is C18H29N3O. The Labute approximate surface area is 134 Å². The summed E-state index contributed by atoms with van der Waals surface area (Å²) in [6, 6.07) is 6.42. The smallest absolute Gasteiger partial charge is 0.193 e. The third-order valence-electron chi connectivity index (χ3n) is 4.32. The number of ether oxygens (including phenoxy) is 1. The third kappa shape index (κ3) is 4.73. The predicted octanol–water partition coefficient (Wildman–Crippen LogP) is 3.35. The van der Waals surface area contributed by atoms with Crippen molar-refractivity contribution >= 4 is 11.6 Å². The van der Waals surface area contributed by atoms with Crippen LogP contribution in [0.5, 0.6) is 0 Å². The van der Waals surface area contributed by atoms with E-state index in [1.807, 2.05) is 0 Å². The second-order valence-corrected chi connectivity index (χ2v) is 6.88. The van der Waals surface area contributed by atoms with Crippen molar-refractivity contribution in [2.75, 3.05) is 25.6 Å². The van der Waals surface area contributed by atoms with E-state index in [2.05, 4.69) is 42.4 Å². The first-order chi connectivity index (χ1) is 10.5. The Bertz CT molecular complexity index is 523. The van der Waals surface area contributed by atoms with Gasteiger partial charge in [0.15, 0.2) is 5.96 Å². The Morgan fingerprint density at radius 2 is 2.09 bits per heavy atom. The molecule has 1 aromatic rings. The van der Waals surface area contributed by atoms with Crippen molar-refractivity contribution in [2.45, 2.75) is 46.0 Å². The van der Waals surface area contributed by atoms with Gasteiger partial charge in [0.05, 0.1) is 0 Å². The molecule has 0 atom stereocenters. The summed E-state index contributed by atoms with van der Waals surface area (Å²) in [5, 5.41) is 3.30. The highest BCUT2D eigenvalue weighted by Gasteiger charge is 2.17. The van der Waals surface area contributed by atoms with Crippen molar-refractivity contribution in [2.24, 2.45) is 16.1 Å². The van der Waals surface area contributed by atoms with Gasteiger partial charge in [-0.05, 0) is 54.7 Å². The van der Waals surface area contributed by atoms with Crippen LogP contribution in [0.3, 0.4) is 0 Å². The molecule has 0 aromatic heterocycles. The van der Waals surface area contributed by atoms with E-state index < -0.39 is 0 Å². The second-order valence-electron chi connectivity index (χ2n) is 6.88. The Balaban J connectivity index is 2.00. The number of hydrogen-bond acceptors (Lipinski definition) is 2. The number of nitrogens with zero attached hydrogens (tertiary/aromatic N) is 1. The van der Waals surface area contributed by atoms with E-state index in [-0.39, 0.29) is 5.41 Å². The fourth-order valence-corrected chi connectivity index (χ4v) is 2.83. The van der Waals surface area contributed by atoms with Crippen LogP contribution >= 0.6 is 0 Å². The average Bonchev–Trinajstić information content (AvgIpc) is 2.52. The van der Waals surface area contributed by atoms with Gasteiger partial charge in [-0.2, -0.15) is 0 Å². The number of guanidine groups is 1. The number of aryl methyl sites for hydroxylation is 1. The van der Waals surface area contributed by atoms with Gasteiger partial charge in [-0.25, -0.2) is 0 Å². The molecule has 2 rings (SSSR count). The highest BCUT2D eigenvalue weighted by atomic mass is 16.5. The molecule has 0 radical (unpaired) electrons. The number of hydrogen-bond donors (Lipinski definition) is 2. The largest absolute Gasteiger partial charge is 0.385 e. The SMILES string of the molecule is COCCC(C)(C)CN=C(N)Nc1cccc2c1CCCC2. The molecule has 0 saturated carbocycles. The van der Waals surface area contributed by atoms with Crippen LogP contribution in [0.25, 0.3) is 0 Å². The molecule has 0 aliphatic heterocycles. The molecule has 4 nitrogen and oxygen atoms in total. The Morgan fingerprint density at radius 1 is 1.32 bits per heavy atom. The lowest BCUT2D eigenvalue weighted by Crippen LogP contribution is -2.27. The Morgan fingerprint density at radius 3 is 2.86 bits per heavy atom. The molecule has 3 N–H and O–H groups in total. The molecule has 0 heterocycles. The van der Waals surface area contributed by atoms with Crippen LogP contribution in [0.15, 0.2) is 23.2 Å². The number of rotatable bonds is 6. The highest BCUT2D eigenvalue weighted by Crippen LogP contribution is 2.27. The van der Waals surface area contributed by atoms with Gasteiger partial charge in [0, 0.05) is 25.9 Å². The maximum atomic E-state index is 6.08. The van der Waals surface area contributed by atoms with Gasteiger partial charge in [0.1, 0.15) is 0 Å². The molecule has 0 spiro atoms. The van der Waals surface area contributed by atoms with Gasteiger partial charge in [-0.15, -0.1) is 0 Å². The lowest BCUT2D eigenvalue weighted by molar-refractivity contribution is 0.155. The first-order valence-electron chi connectivity index (χ1n) is 8.18. The van der Waals surface area contributed by atoms with Crippen molar-refractivity contribution in [3.05, 3.63) is 29.3 Å². The van der Waals surface area contributed by atoms with E-state index in [4.69, 9.17) is 10.5 Å². The van der Waals surface area contributed by atoms with Crippen molar-refractivity contribution < 1.29 is 4.74 Å². The van der Waals surface area contributed by atoms with Gasteiger partial charge in [0.25, 0.3) is 0 Å². The monoisotopic (exact) mass is 303 g/mol. The normalized spacial score (nSPS) is 15.5. The molecule has 0 unspecified atom stereocenters. The molecule has 4 heteroatoms. The minimum Gasteiger partial charge on any atom is -0.385 e. The molecule has 0 saturated heterocycles. The van der Waals surface area contributed by atoms with Gasteiger partial charge < -0.3 is 15.8 Å². The minimum absolute atomic E-state index is 0.0957. The van der Waals surface area contributed by atoms with Gasteiger partial charge >= 0.3 is 0 Å². The second kappa shape index (κ2) is 7.63. The lowest BCUT2D eigenvalue weighted by atomic mass is 9.90. The Kier molecular flexibility index (Phi) is 5.83. The number of nitrogens with one attached hydrogen (secondary N) is 1. The molecule has 1 aliphatic rings. The zero-order valence-electron chi connectivity index (χ0n) is 14.1. The van der Waals surface area contributed by atoms with Crippen molar-refractivity contribution in [1.82, 2.24) is 0 Å². The molecule has 22 heavy (non-hydrogen) atoms. The maximum absolute atomic E-state index is 6.08. The Hall–Kier alpha value is -1.55. The number of anilines is 1. The van der Waals surface area contributed by atoms with Crippen LogP contribution in [0.2, 0.25) is 0 Å². The van der Waals surface area contributed by atoms with Gasteiger partial charge in [-0.1, -0.05) is 26.0 Å².